The molecule has 6 nitrogen and oxygen atoms in total. The van der Waals surface area contributed by atoms with Crippen molar-refractivity contribution in [1.29, 1.82) is 0 Å². The number of aryl methyl sites for hydroxylation is 1. The van der Waals surface area contributed by atoms with Crippen molar-refractivity contribution in [2.24, 2.45) is 0 Å². The van der Waals surface area contributed by atoms with Gasteiger partial charge in [-0.3, -0.25) is 4.79 Å². The molecular formula is C9H13N3O3. The Hall–Kier alpha value is -1.43. The van der Waals surface area contributed by atoms with Crippen molar-refractivity contribution in [2.45, 2.75) is 19.3 Å². The van der Waals surface area contributed by atoms with Crippen LogP contribution in [0.4, 0.5) is 0 Å². The van der Waals surface area contributed by atoms with Crippen LogP contribution in [-0.2, 0) is 4.79 Å². The Balaban J connectivity index is 2.01. The van der Waals surface area contributed by atoms with Crippen molar-refractivity contribution in [3.63, 3.8) is 0 Å². The zero-order valence-electron chi connectivity index (χ0n) is 8.51. The highest BCUT2D eigenvalue weighted by molar-refractivity contribution is 5.77. The Kier molecular flexibility index (Phi) is 2.68. The van der Waals surface area contributed by atoms with Gasteiger partial charge in [0, 0.05) is 13.1 Å². The molecule has 2 rings (SSSR count). The van der Waals surface area contributed by atoms with Crippen LogP contribution in [0.2, 0.25) is 0 Å². The number of rotatable bonds is 2. The van der Waals surface area contributed by atoms with Gasteiger partial charge in [0.2, 0.25) is 11.8 Å². The molecule has 0 saturated carbocycles. The van der Waals surface area contributed by atoms with E-state index in [1.165, 1.54) is 0 Å². The number of aliphatic hydroxyl groups is 1. The van der Waals surface area contributed by atoms with E-state index in [0.29, 0.717) is 24.8 Å². The van der Waals surface area contributed by atoms with Crippen LogP contribution in [0.15, 0.2) is 4.52 Å². The summed E-state index contributed by atoms with van der Waals surface area (Å²) in [5.74, 6) is 1.06. The predicted molar refractivity (Wildman–Crippen MR) is 50.1 cm³/mol. The highest BCUT2D eigenvalue weighted by atomic mass is 16.5. The molecule has 1 aromatic heterocycles. The van der Waals surface area contributed by atoms with Gasteiger partial charge in [-0.15, -0.1) is 0 Å². The minimum Gasteiger partial charge on any atom is -0.387 e. The molecule has 0 aliphatic carbocycles. The van der Waals surface area contributed by atoms with Crippen LogP contribution in [0.1, 0.15) is 24.1 Å². The van der Waals surface area contributed by atoms with Crippen LogP contribution in [0.25, 0.3) is 0 Å². The molecule has 1 saturated heterocycles. The standard InChI is InChI=1S/C9H13N3O3/c1-6-10-9(15-11-6)7-2-3-12(4-7)8(14)5-13/h7,13H,2-5H2,1H3/t7-/m0/s1. The van der Waals surface area contributed by atoms with Gasteiger partial charge >= 0.3 is 0 Å². The Morgan fingerprint density at radius 2 is 2.53 bits per heavy atom. The van der Waals surface area contributed by atoms with Crippen LogP contribution in [0, 0.1) is 6.92 Å². The topological polar surface area (TPSA) is 79.5 Å². The average Bonchev–Trinajstić information content (AvgIpc) is 2.84. The fraction of sp³-hybridized carbons (Fsp3) is 0.667. The maximum absolute atomic E-state index is 11.2. The molecular weight excluding hydrogens is 198 g/mol. The van der Waals surface area contributed by atoms with Crippen molar-refractivity contribution >= 4 is 5.91 Å². The minimum atomic E-state index is -0.435. The first-order chi connectivity index (χ1) is 7.20. The summed E-state index contributed by atoms with van der Waals surface area (Å²) in [6.07, 6.45) is 0.813. The van der Waals surface area contributed by atoms with Crippen LogP contribution < -0.4 is 0 Å². The Labute approximate surface area is 86.9 Å². The molecule has 1 amide bonds. The molecule has 15 heavy (non-hydrogen) atoms. The fourth-order valence-electron chi connectivity index (χ4n) is 1.77. The first kappa shape index (κ1) is 10.1. The van der Waals surface area contributed by atoms with Gasteiger partial charge in [0.1, 0.15) is 6.61 Å². The zero-order chi connectivity index (χ0) is 10.8. The van der Waals surface area contributed by atoms with Crippen molar-refractivity contribution in [1.82, 2.24) is 15.0 Å². The number of amides is 1. The van der Waals surface area contributed by atoms with E-state index in [9.17, 15) is 4.79 Å². The summed E-state index contributed by atoms with van der Waals surface area (Å²) < 4.78 is 5.05. The number of nitrogens with zero attached hydrogens (tertiary/aromatic N) is 3. The van der Waals surface area contributed by atoms with Crippen molar-refractivity contribution < 1.29 is 14.4 Å². The molecule has 0 bridgehead atoms. The van der Waals surface area contributed by atoms with E-state index in [1.54, 1.807) is 11.8 Å². The van der Waals surface area contributed by atoms with Gasteiger partial charge in [-0.1, -0.05) is 5.16 Å². The zero-order valence-corrected chi connectivity index (χ0v) is 8.51. The van der Waals surface area contributed by atoms with Gasteiger partial charge in [0.25, 0.3) is 0 Å². The molecule has 0 radical (unpaired) electrons. The van der Waals surface area contributed by atoms with E-state index >= 15 is 0 Å². The minimum absolute atomic E-state index is 0.113. The van der Waals surface area contributed by atoms with Gasteiger partial charge in [0.05, 0.1) is 5.92 Å². The second-order valence-corrected chi connectivity index (χ2v) is 3.66. The number of hydrogen-bond donors (Lipinski definition) is 1. The van der Waals surface area contributed by atoms with Gasteiger partial charge in [-0.25, -0.2) is 0 Å². The van der Waals surface area contributed by atoms with E-state index in [1.807, 2.05) is 0 Å². The number of aromatic nitrogens is 2. The quantitative estimate of drug-likeness (QED) is 0.725. The summed E-state index contributed by atoms with van der Waals surface area (Å²) in [4.78, 5) is 17.0. The molecule has 1 N–H and O–H groups in total. The van der Waals surface area contributed by atoms with Crippen molar-refractivity contribution in [3.05, 3.63) is 11.7 Å². The Morgan fingerprint density at radius 3 is 3.13 bits per heavy atom. The largest absolute Gasteiger partial charge is 0.387 e. The maximum atomic E-state index is 11.2. The summed E-state index contributed by atoms with van der Waals surface area (Å²) in [6, 6.07) is 0. The van der Waals surface area contributed by atoms with Crippen molar-refractivity contribution in [2.75, 3.05) is 19.7 Å². The summed E-state index contributed by atoms with van der Waals surface area (Å²) in [7, 11) is 0. The molecule has 0 unspecified atom stereocenters. The van der Waals surface area contributed by atoms with Gasteiger partial charge in [-0.05, 0) is 13.3 Å². The molecule has 6 heteroatoms. The Bertz CT molecular complexity index is 363. The summed E-state index contributed by atoms with van der Waals surface area (Å²) in [5.41, 5.74) is 0. The highest BCUT2D eigenvalue weighted by Crippen LogP contribution is 2.25. The summed E-state index contributed by atoms with van der Waals surface area (Å²) in [6.45, 7) is 2.53. The first-order valence-electron chi connectivity index (χ1n) is 4.89. The SMILES string of the molecule is Cc1noc([C@H]2CCN(C(=O)CO)C2)n1. The number of aliphatic hydroxyl groups excluding tert-OH is 1. The fourth-order valence-corrected chi connectivity index (χ4v) is 1.77. The maximum Gasteiger partial charge on any atom is 0.248 e. The molecule has 1 aliphatic rings. The predicted octanol–water partition coefficient (Wildman–Crippen LogP) is -0.314. The second-order valence-electron chi connectivity index (χ2n) is 3.66. The molecule has 1 fully saturated rings. The smallest absolute Gasteiger partial charge is 0.248 e. The lowest BCUT2D eigenvalue weighted by Gasteiger charge is -2.13. The lowest BCUT2D eigenvalue weighted by atomic mass is 10.1. The van der Waals surface area contributed by atoms with E-state index in [2.05, 4.69) is 10.1 Å². The molecule has 2 heterocycles. The van der Waals surface area contributed by atoms with Crippen LogP contribution in [-0.4, -0.2) is 45.8 Å². The molecule has 0 aromatic carbocycles. The second kappa shape index (κ2) is 3.98. The summed E-state index contributed by atoms with van der Waals surface area (Å²) in [5, 5.41) is 12.4. The third-order valence-electron chi connectivity index (χ3n) is 2.57. The van der Waals surface area contributed by atoms with Crippen molar-refractivity contribution in [3.8, 4) is 0 Å². The third kappa shape index (κ3) is 1.99. The third-order valence-corrected chi connectivity index (χ3v) is 2.57. The molecule has 1 aliphatic heterocycles. The summed E-state index contributed by atoms with van der Waals surface area (Å²) >= 11 is 0. The molecule has 82 valence electrons. The van der Waals surface area contributed by atoms with Crippen LogP contribution >= 0.6 is 0 Å². The highest BCUT2D eigenvalue weighted by Gasteiger charge is 2.30. The van der Waals surface area contributed by atoms with Crippen LogP contribution in [0.5, 0.6) is 0 Å². The Morgan fingerprint density at radius 1 is 1.73 bits per heavy atom. The van der Waals surface area contributed by atoms with E-state index in [0.717, 1.165) is 6.42 Å². The monoisotopic (exact) mass is 211 g/mol. The number of carbonyl (C=O) groups is 1. The lowest BCUT2D eigenvalue weighted by Crippen LogP contribution is -2.30. The number of likely N-dealkylation sites (tertiary alicyclic amines) is 1. The van der Waals surface area contributed by atoms with Gasteiger partial charge in [0.15, 0.2) is 5.82 Å². The molecule has 0 spiro atoms. The van der Waals surface area contributed by atoms with E-state index in [4.69, 9.17) is 9.63 Å². The van der Waals surface area contributed by atoms with E-state index < -0.39 is 6.61 Å². The van der Waals surface area contributed by atoms with E-state index in [-0.39, 0.29) is 11.8 Å². The average molecular weight is 211 g/mol. The van der Waals surface area contributed by atoms with Crippen LogP contribution in [0.3, 0.4) is 0 Å². The first-order valence-corrected chi connectivity index (χ1v) is 4.89. The lowest BCUT2D eigenvalue weighted by molar-refractivity contribution is -0.133. The van der Waals surface area contributed by atoms with Gasteiger partial charge in [-0.2, -0.15) is 4.98 Å². The molecule has 1 aromatic rings. The van der Waals surface area contributed by atoms with Gasteiger partial charge < -0.3 is 14.5 Å². The number of carbonyl (C=O) groups excluding carboxylic acids is 1. The number of hydrogen-bond acceptors (Lipinski definition) is 5. The normalized spacial score (nSPS) is 20.9. The molecule has 1 atom stereocenters.